The number of thiazole rings is 1. The van der Waals surface area contributed by atoms with E-state index in [2.05, 4.69) is 10.3 Å². The van der Waals surface area contributed by atoms with Crippen LogP contribution in [0.3, 0.4) is 0 Å². The summed E-state index contributed by atoms with van der Waals surface area (Å²) in [5, 5.41) is 3.31. The molecule has 4 rings (SSSR count). The van der Waals surface area contributed by atoms with Crippen LogP contribution in [-0.2, 0) is 9.59 Å². The van der Waals surface area contributed by atoms with E-state index in [-0.39, 0.29) is 18.4 Å². The summed E-state index contributed by atoms with van der Waals surface area (Å²) >= 11 is 1.43. The molecule has 0 atom stereocenters. The first-order chi connectivity index (χ1) is 12.7. The lowest BCUT2D eigenvalue weighted by atomic mass is 10.3. The second-order valence-electron chi connectivity index (χ2n) is 5.97. The van der Waals surface area contributed by atoms with Crippen molar-refractivity contribution in [3.05, 3.63) is 48.5 Å². The minimum absolute atomic E-state index is 0.0993. The third-order valence-corrected chi connectivity index (χ3v) is 5.08. The minimum atomic E-state index is -0.261. The Morgan fingerprint density at radius 2 is 2.00 bits per heavy atom. The zero-order chi connectivity index (χ0) is 17.9. The molecule has 1 aliphatic heterocycles. The molecule has 3 aromatic rings. The number of hydrogen-bond acceptors (Lipinski definition) is 5. The van der Waals surface area contributed by atoms with Crippen molar-refractivity contribution in [3.8, 4) is 5.75 Å². The van der Waals surface area contributed by atoms with Crippen molar-refractivity contribution in [1.29, 1.82) is 0 Å². The summed E-state index contributed by atoms with van der Waals surface area (Å²) in [6, 6.07) is 14.9. The summed E-state index contributed by atoms with van der Waals surface area (Å²) in [5.74, 6) is 0.469. The lowest BCUT2D eigenvalue weighted by Crippen LogP contribution is -2.23. The van der Waals surface area contributed by atoms with E-state index in [1.165, 1.54) is 11.3 Å². The van der Waals surface area contributed by atoms with Gasteiger partial charge in [-0.25, -0.2) is 4.98 Å². The quantitative estimate of drug-likeness (QED) is 0.750. The van der Waals surface area contributed by atoms with Gasteiger partial charge in [-0.05, 0) is 42.8 Å². The summed E-state index contributed by atoms with van der Waals surface area (Å²) in [7, 11) is 0. The van der Waals surface area contributed by atoms with Crippen molar-refractivity contribution in [2.45, 2.75) is 12.8 Å². The number of benzene rings is 2. The number of para-hydroxylation sites is 1. The molecule has 1 fully saturated rings. The normalized spacial score (nSPS) is 14.0. The number of nitrogens with zero attached hydrogens (tertiary/aromatic N) is 2. The average molecular weight is 367 g/mol. The fraction of sp³-hybridized carbons (Fsp3) is 0.211. The maximum Gasteiger partial charge on any atom is 0.264 e. The Balaban J connectivity index is 1.33. The summed E-state index contributed by atoms with van der Waals surface area (Å²) in [5.41, 5.74) is 1.72. The van der Waals surface area contributed by atoms with Crippen molar-refractivity contribution < 1.29 is 14.3 Å². The maximum atomic E-state index is 12.1. The van der Waals surface area contributed by atoms with Gasteiger partial charge >= 0.3 is 0 Å². The standard InChI is InChI=1S/C19H17N3O3S/c23-17(21-19-20-15-4-1-2-5-16(15)26-19)12-25-14-9-7-13(8-10-14)22-11-3-6-18(22)24/h1-2,4-5,7-10H,3,6,11-12H2,(H,20,21,23). The first kappa shape index (κ1) is 16.5. The first-order valence-corrected chi connectivity index (χ1v) is 9.19. The third kappa shape index (κ3) is 3.52. The van der Waals surface area contributed by atoms with Crippen molar-refractivity contribution in [2.75, 3.05) is 23.4 Å². The molecule has 0 unspecified atom stereocenters. The molecule has 0 spiro atoms. The van der Waals surface area contributed by atoms with Crippen LogP contribution in [0.1, 0.15) is 12.8 Å². The number of ether oxygens (including phenoxy) is 1. The van der Waals surface area contributed by atoms with Gasteiger partial charge in [-0.3, -0.25) is 14.9 Å². The number of fused-ring (bicyclic) bond motifs is 1. The number of amides is 2. The maximum absolute atomic E-state index is 12.1. The largest absolute Gasteiger partial charge is 0.484 e. The van der Waals surface area contributed by atoms with Gasteiger partial charge in [0.25, 0.3) is 5.91 Å². The van der Waals surface area contributed by atoms with Crippen LogP contribution < -0.4 is 15.0 Å². The SMILES string of the molecule is O=C(COc1ccc(N2CCCC2=O)cc1)Nc1nc2ccccc2s1. The van der Waals surface area contributed by atoms with Crippen molar-refractivity contribution in [2.24, 2.45) is 0 Å². The van der Waals surface area contributed by atoms with Crippen LogP contribution in [0.2, 0.25) is 0 Å². The van der Waals surface area contributed by atoms with Gasteiger partial charge in [-0.2, -0.15) is 0 Å². The molecule has 2 aromatic carbocycles. The smallest absolute Gasteiger partial charge is 0.264 e. The van der Waals surface area contributed by atoms with Crippen LogP contribution in [0.4, 0.5) is 10.8 Å². The average Bonchev–Trinajstić information content (AvgIpc) is 3.25. The summed E-state index contributed by atoms with van der Waals surface area (Å²) < 4.78 is 6.54. The molecule has 0 aliphatic carbocycles. The monoisotopic (exact) mass is 367 g/mol. The Bertz CT molecular complexity index is 919. The topological polar surface area (TPSA) is 71.5 Å². The second kappa shape index (κ2) is 7.13. The highest BCUT2D eigenvalue weighted by atomic mass is 32.1. The molecule has 1 aliphatic rings. The number of anilines is 2. The third-order valence-electron chi connectivity index (χ3n) is 4.13. The number of carbonyl (C=O) groups is 2. The van der Waals surface area contributed by atoms with Gasteiger partial charge < -0.3 is 9.64 Å². The molecule has 7 heteroatoms. The van der Waals surface area contributed by atoms with Gasteiger partial charge in [0, 0.05) is 18.7 Å². The van der Waals surface area contributed by atoms with Crippen LogP contribution >= 0.6 is 11.3 Å². The number of hydrogen-bond donors (Lipinski definition) is 1. The van der Waals surface area contributed by atoms with Gasteiger partial charge in [0.15, 0.2) is 11.7 Å². The van der Waals surface area contributed by atoms with Crippen LogP contribution in [0.5, 0.6) is 5.75 Å². The number of carbonyl (C=O) groups excluding carboxylic acids is 2. The van der Waals surface area contributed by atoms with Crippen LogP contribution in [0, 0.1) is 0 Å². The Morgan fingerprint density at radius 3 is 2.73 bits per heavy atom. The van der Waals surface area contributed by atoms with E-state index in [4.69, 9.17) is 4.74 Å². The fourth-order valence-corrected chi connectivity index (χ4v) is 3.76. The lowest BCUT2D eigenvalue weighted by Gasteiger charge is -2.16. The zero-order valence-corrected chi connectivity index (χ0v) is 14.8. The van der Waals surface area contributed by atoms with E-state index in [1.54, 1.807) is 17.0 Å². The van der Waals surface area contributed by atoms with Gasteiger partial charge in [0.2, 0.25) is 5.91 Å². The van der Waals surface area contributed by atoms with Crippen LogP contribution in [0.25, 0.3) is 10.2 Å². The van der Waals surface area contributed by atoms with E-state index in [9.17, 15) is 9.59 Å². The number of nitrogens with one attached hydrogen (secondary N) is 1. The molecule has 132 valence electrons. The predicted octanol–water partition coefficient (Wildman–Crippen LogP) is 3.44. The molecule has 26 heavy (non-hydrogen) atoms. The van der Waals surface area contributed by atoms with Gasteiger partial charge in [0.1, 0.15) is 5.75 Å². The highest BCUT2D eigenvalue weighted by Crippen LogP contribution is 2.26. The molecule has 0 bridgehead atoms. The van der Waals surface area contributed by atoms with Crippen molar-refractivity contribution >= 4 is 44.2 Å². The van der Waals surface area contributed by atoms with Gasteiger partial charge in [0.05, 0.1) is 10.2 Å². The summed E-state index contributed by atoms with van der Waals surface area (Å²) in [6.07, 6.45) is 1.49. The molecule has 0 radical (unpaired) electrons. The van der Waals surface area contributed by atoms with E-state index in [0.29, 0.717) is 17.3 Å². The van der Waals surface area contributed by atoms with E-state index < -0.39 is 0 Å². The van der Waals surface area contributed by atoms with Gasteiger partial charge in [-0.1, -0.05) is 23.5 Å². The van der Waals surface area contributed by atoms with E-state index >= 15 is 0 Å². The highest BCUT2D eigenvalue weighted by molar-refractivity contribution is 7.22. The number of rotatable bonds is 5. The van der Waals surface area contributed by atoms with Crippen LogP contribution in [0.15, 0.2) is 48.5 Å². The Morgan fingerprint density at radius 1 is 1.19 bits per heavy atom. The van der Waals surface area contributed by atoms with Crippen LogP contribution in [-0.4, -0.2) is 29.9 Å². The molecule has 1 N–H and O–H groups in total. The van der Waals surface area contributed by atoms with E-state index in [1.807, 2.05) is 36.4 Å². The predicted molar refractivity (Wildman–Crippen MR) is 102 cm³/mol. The molecule has 2 amide bonds. The lowest BCUT2D eigenvalue weighted by molar-refractivity contribution is -0.118. The molecule has 1 saturated heterocycles. The molecule has 2 heterocycles. The Labute approximate surface area is 154 Å². The fourth-order valence-electron chi connectivity index (χ4n) is 2.87. The molecular formula is C19H17N3O3S. The Kier molecular flexibility index (Phi) is 4.53. The highest BCUT2D eigenvalue weighted by Gasteiger charge is 2.21. The van der Waals surface area contributed by atoms with Gasteiger partial charge in [-0.15, -0.1) is 0 Å². The molecule has 6 nitrogen and oxygen atoms in total. The molecular weight excluding hydrogens is 350 g/mol. The number of aromatic nitrogens is 1. The van der Waals surface area contributed by atoms with Crippen molar-refractivity contribution in [3.63, 3.8) is 0 Å². The summed E-state index contributed by atoms with van der Waals surface area (Å²) in [4.78, 5) is 29.9. The first-order valence-electron chi connectivity index (χ1n) is 8.38. The second-order valence-corrected chi connectivity index (χ2v) is 7.00. The Hall–Kier alpha value is -2.93. The molecule has 0 saturated carbocycles. The molecule has 1 aromatic heterocycles. The van der Waals surface area contributed by atoms with E-state index in [0.717, 1.165) is 28.9 Å². The van der Waals surface area contributed by atoms with Crippen molar-refractivity contribution in [1.82, 2.24) is 4.98 Å². The zero-order valence-electron chi connectivity index (χ0n) is 14.0. The summed E-state index contributed by atoms with van der Waals surface area (Å²) in [6.45, 7) is 0.654. The minimum Gasteiger partial charge on any atom is -0.484 e.